The van der Waals surface area contributed by atoms with E-state index in [9.17, 15) is 13.2 Å². The number of ether oxygens (including phenoxy) is 1. The molecule has 1 fully saturated rings. The summed E-state index contributed by atoms with van der Waals surface area (Å²) in [5.41, 5.74) is 1.57. The van der Waals surface area contributed by atoms with E-state index in [2.05, 4.69) is 0 Å². The molecule has 0 spiro atoms. The number of fused-ring (bicyclic) bond motifs is 1. The van der Waals surface area contributed by atoms with Crippen molar-refractivity contribution >= 4 is 21.6 Å². The van der Waals surface area contributed by atoms with Crippen molar-refractivity contribution in [2.75, 3.05) is 38.8 Å². The Hall–Kier alpha value is -1.44. The van der Waals surface area contributed by atoms with Gasteiger partial charge in [-0.05, 0) is 42.5 Å². The van der Waals surface area contributed by atoms with Crippen LogP contribution in [0.3, 0.4) is 0 Å². The summed E-state index contributed by atoms with van der Waals surface area (Å²) in [6.07, 6.45) is 2.05. The lowest BCUT2D eigenvalue weighted by Gasteiger charge is -2.26. The fourth-order valence-electron chi connectivity index (χ4n) is 3.18. The van der Waals surface area contributed by atoms with E-state index in [1.54, 1.807) is 37.2 Å². The average molecular weight is 338 g/mol. The fraction of sp³-hybridized carbons (Fsp3) is 0.562. The van der Waals surface area contributed by atoms with Gasteiger partial charge in [0.05, 0.1) is 11.3 Å². The molecule has 0 N–H and O–H groups in total. The molecule has 2 heterocycles. The normalized spacial score (nSPS) is 19.4. The van der Waals surface area contributed by atoms with Gasteiger partial charge in [-0.1, -0.05) is 0 Å². The highest BCUT2D eigenvalue weighted by Crippen LogP contribution is 2.30. The first-order chi connectivity index (χ1) is 10.9. The van der Waals surface area contributed by atoms with Gasteiger partial charge in [-0.3, -0.25) is 4.79 Å². The lowest BCUT2D eigenvalue weighted by molar-refractivity contribution is -0.117. The van der Waals surface area contributed by atoms with E-state index in [-0.39, 0.29) is 17.2 Å². The summed E-state index contributed by atoms with van der Waals surface area (Å²) < 4.78 is 32.3. The maximum Gasteiger partial charge on any atom is 0.242 e. The van der Waals surface area contributed by atoms with Crippen molar-refractivity contribution < 1.29 is 17.9 Å². The molecule has 0 bridgehead atoms. The van der Waals surface area contributed by atoms with E-state index in [0.29, 0.717) is 25.7 Å². The summed E-state index contributed by atoms with van der Waals surface area (Å²) in [6, 6.07) is 4.94. The number of hydrogen-bond donors (Lipinski definition) is 0. The number of hydrogen-bond acceptors (Lipinski definition) is 4. The van der Waals surface area contributed by atoms with Gasteiger partial charge in [0.1, 0.15) is 0 Å². The van der Waals surface area contributed by atoms with Gasteiger partial charge < -0.3 is 9.64 Å². The monoisotopic (exact) mass is 338 g/mol. The molecule has 1 saturated heterocycles. The molecule has 1 aromatic carbocycles. The van der Waals surface area contributed by atoms with Gasteiger partial charge in [-0.15, -0.1) is 0 Å². The van der Waals surface area contributed by atoms with Crippen LogP contribution < -0.4 is 4.90 Å². The third-order valence-corrected chi connectivity index (χ3v) is 6.51. The van der Waals surface area contributed by atoms with E-state index < -0.39 is 10.0 Å². The Kier molecular flexibility index (Phi) is 4.44. The van der Waals surface area contributed by atoms with Crippen LogP contribution in [0.2, 0.25) is 0 Å². The quantitative estimate of drug-likeness (QED) is 0.829. The fourth-order valence-corrected chi connectivity index (χ4v) is 4.48. The molecule has 2 aliphatic heterocycles. The van der Waals surface area contributed by atoms with Crippen molar-refractivity contribution in [3.05, 3.63) is 23.8 Å². The number of amides is 1. The highest BCUT2D eigenvalue weighted by Gasteiger charge is 2.29. The summed E-state index contributed by atoms with van der Waals surface area (Å²) >= 11 is 0. The van der Waals surface area contributed by atoms with Crippen LogP contribution >= 0.6 is 0 Å². The molecule has 126 valence electrons. The first-order valence-electron chi connectivity index (χ1n) is 7.83. The van der Waals surface area contributed by atoms with E-state index in [1.165, 1.54) is 4.31 Å². The zero-order valence-electron chi connectivity index (χ0n) is 13.5. The van der Waals surface area contributed by atoms with Gasteiger partial charge in [0.15, 0.2) is 0 Å². The largest absolute Gasteiger partial charge is 0.381 e. The van der Waals surface area contributed by atoms with Crippen LogP contribution in [-0.4, -0.2) is 52.5 Å². The van der Waals surface area contributed by atoms with Crippen molar-refractivity contribution in [3.8, 4) is 0 Å². The van der Waals surface area contributed by atoms with Gasteiger partial charge in [0.25, 0.3) is 0 Å². The van der Waals surface area contributed by atoms with Crippen LogP contribution in [0.25, 0.3) is 0 Å². The number of carbonyl (C=O) groups is 1. The van der Waals surface area contributed by atoms with Crippen molar-refractivity contribution in [1.29, 1.82) is 0 Å². The molecule has 7 heteroatoms. The first kappa shape index (κ1) is 16.4. The molecule has 1 aromatic rings. The molecule has 0 aliphatic carbocycles. The van der Waals surface area contributed by atoms with Crippen molar-refractivity contribution in [2.45, 2.75) is 24.2 Å². The van der Waals surface area contributed by atoms with E-state index in [4.69, 9.17) is 4.74 Å². The van der Waals surface area contributed by atoms with Crippen LogP contribution in [0.5, 0.6) is 0 Å². The Balaban J connectivity index is 1.79. The zero-order valence-corrected chi connectivity index (χ0v) is 14.3. The predicted molar refractivity (Wildman–Crippen MR) is 86.9 cm³/mol. The van der Waals surface area contributed by atoms with Crippen LogP contribution in [-0.2, 0) is 26.0 Å². The standard InChI is InChI=1S/C16H22N2O4S/c1-17(11-12-5-7-22-8-6-12)23(20,21)14-3-4-15-13(9-14)10-16(19)18(15)2/h3-4,9,12H,5-8,10-11H2,1-2H3. The maximum absolute atomic E-state index is 12.8. The minimum atomic E-state index is -3.53. The SMILES string of the molecule is CN1C(=O)Cc2cc(S(=O)(=O)N(C)CC3CCOCC3)ccc21. The van der Waals surface area contributed by atoms with Crippen LogP contribution in [0.15, 0.2) is 23.1 Å². The molecule has 0 radical (unpaired) electrons. The Morgan fingerprint density at radius 1 is 1.30 bits per heavy atom. The number of benzene rings is 1. The highest BCUT2D eigenvalue weighted by molar-refractivity contribution is 7.89. The minimum Gasteiger partial charge on any atom is -0.381 e. The van der Waals surface area contributed by atoms with Crippen molar-refractivity contribution in [2.24, 2.45) is 5.92 Å². The predicted octanol–water partition coefficient (Wildman–Crippen LogP) is 1.25. The number of rotatable bonds is 4. The Morgan fingerprint density at radius 3 is 2.70 bits per heavy atom. The van der Waals surface area contributed by atoms with Crippen LogP contribution in [0.4, 0.5) is 5.69 Å². The van der Waals surface area contributed by atoms with Gasteiger partial charge in [-0.2, -0.15) is 0 Å². The van der Waals surface area contributed by atoms with Crippen LogP contribution in [0, 0.1) is 5.92 Å². The minimum absolute atomic E-state index is 0.00916. The Labute approximate surface area is 137 Å². The molecule has 0 atom stereocenters. The smallest absolute Gasteiger partial charge is 0.242 e. The van der Waals surface area contributed by atoms with Crippen LogP contribution in [0.1, 0.15) is 18.4 Å². The third-order valence-electron chi connectivity index (χ3n) is 4.69. The summed E-state index contributed by atoms with van der Waals surface area (Å²) in [6.45, 7) is 1.90. The van der Waals surface area contributed by atoms with Gasteiger partial charge in [0.2, 0.25) is 15.9 Å². The Bertz CT molecular complexity index is 711. The molecule has 0 aromatic heterocycles. The summed E-state index contributed by atoms with van der Waals surface area (Å²) in [5.74, 6) is 0.329. The molecule has 3 rings (SSSR count). The second-order valence-electron chi connectivity index (χ2n) is 6.26. The topological polar surface area (TPSA) is 66.9 Å². The molecule has 1 amide bonds. The van der Waals surface area contributed by atoms with Crippen molar-refractivity contribution in [3.63, 3.8) is 0 Å². The lowest BCUT2D eigenvalue weighted by atomic mass is 10.0. The van der Waals surface area contributed by atoms with Gasteiger partial charge in [0, 0.05) is 39.5 Å². The first-order valence-corrected chi connectivity index (χ1v) is 9.27. The van der Waals surface area contributed by atoms with Gasteiger partial charge in [-0.25, -0.2) is 12.7 Å². The second-order valence-corrected chi connectivity index (χ2v) is 8.31. The third kappa shape index (κ3) is 3.13. The summed E-state index contributed by atoms with van der Waals surface area (Å²) in [7, 11) is -0.204. The number of likely N-dealkylation sites (N-methyl/N-ethyl adjacent to an activating group) is 1. The second kappa shape index (κ2) is 6.22. The van der Waals surface area contributed by atoms with E-state index in [0.717, 1.165) is 24.1 Å². The molecule has 23 heavy (non-hydrogen) atoms. The summed E-state index contributed by atoms with van der Waals surface area (Å²) in [4.78, 5) is 13.6. The lowest BCUT2D eigenvalue weighted by Crippen LogP contribution is -2.34. The zero-order chi connectivity index (χ0) is 16.6. The number of carbonyl (C=O) groups excluding carboxylic acids is 1. The molecule has 0 saturated carbocycles. The number of sulfonamides is 1. The molecule has 6 nitrogen and oxygen atoms in total. The number of nitrogens with zero attached hydrogens (tertiary/aromatic N) is 2. The average Bonchev–Trinajstić information content (AvgIpc) is 2.82. The maximum atomic E-state index is 12.8. The Morgan fingerprint density at radius 2 is 2.00 bits per heavy atom. The van der Waals surface area contributed by atoms with E-state index in [1.807, 2.05) is 0 Å². The van der Waals surface area contributed by atoms with Crippen molar-refractivity contribution in [1.82, 2.24) is 4.31 Å². The number of anilines is 1. The molecular weight excluding hydrogens is 316 g/mol. The highest BCUT2D eigenvalue weighted by atomic mass is 32.2. The molecular formula is C16H22N2O4S. The van der Waals surface area contributed by atoms with E-state index >= 15 is 0 Å². The summed E-state index contributed by atoms with van der Waals surface area (Å²) in [5, 5.41) is 0. The molecule has 2 aliphatic rings. The van der Waals surface area contributed by atoms with Gasteiger partial charge >= 0.3 is 0 Å². The molecule has 0 unspecified atom stereocenters.